The van der Waals surface area contributed by atoms with E-state index >= 15 is 0 Å². The molecule has 1 aromatic carbocycles. The van der Waals surface area contributed by atoms with Crippen LogP contribution in [0.5, 0.6) is 0 Å². The number of likely N-dealkylation sites (N-methyl/N-ethyl adjacent to an activating group) is 1. The summed E-state index contributed by atoms with van der Waals surface area (Å²) in [5.41, 5.74) is 0.553. The Bertz CT molecular complexity index is 941. The van der Waals surface area contributed by atoms with Crippen molar-refractivity contribution in [2.24, 2.45) is 0 Å². The number of nitrogens with zero attached hydrogens (tertiary/aromatic N) is 4. The van der Waals surface area contributed by atoms with Crippen LogP contribution in [-0.2, 0) is 0 Å². The number of amides is 1. The summed E-state index contributed by atoms with van der Waals surface area (Å²) in [4.78, 5) is 16.6. The van der Waals surface area contributed by atoms with E-state index in [0.29, 0.717) is 31.7 Å². The second-order valence-electron chi connectivity index (χ2n) is 7.59. The van der Waals surface area contributed by atoms with E-state index in [1.165, 1.54) is 0 Å². The number of benzene rings is 1. The van der Waals surface area contributed by atoms with E-state index < -0.39 is 24.2 Å². The van der Waals surface area contributed by atoms with Crippen molar-refractivity contribution in [2.45, 2.75) is 24.7 Å². The molecule has 1 N–H and O–H groups in total. The third kappa shape index (κ3) is 4.04. The van der Waals surface area contributed by atoms with Crippen molar-refractivity contribution in [3.8, 4) is 0 Å². The first-order valence-corrected chi connectivity index (χ1v) is 10.7. The second kappa shape index (κ2) is 8.05. The molecular formula is C19H20BrClF3N5O. The monoisotopic (exact) mass is 505 g/mol. The normalized spacial score (nSPS) is 22.5. The van der Waals surface area contributed by atoms with Crippen LogP contribution in [0.3, 0.4) is 0 Å². The lowest BCUT2D eigenvalue weighted by Gasteiger charge is -2.33. The van der Waals surface area contributed by atoms with Gasteiger partial charge >= 0.3 is 6.18 Å². The topological polar surface area (TPSA) is 53.4 Å². The van der Waals surface area contributed by atoms with Gasteiger partial charge in [-0.3, -0.25) is 4.79 Å². The van der Waals surface area contributed by atoms with Gasteiger partial charge in [0.1, 0.15) is 10.8 Å². The van der Waals surface area contributed by atoms with Gasteiger partial charge in [0.05, 0.1) is 6.04 Å². The number of hydrogen-bond acceptors (Lipinski definition) is 4. The number of fused-ring (bicyclic) bond motifs is 1. The standard InChI is InChI=1S/C19H20BrClF3N5O/c1-27-6-8-28(9-7-27)18(30)16-15(21)17-25-13(11-2-4-12(20)5-3-11)10-14(19(22,23)24)29(17)26-16/h2-5,13-14,25H,6-10H2,1H3/t13-,14+/m0/s1. The number of piperazine rings is 1. The van der Waals surface area contributed by atoms with Gasteiger partial charge in [-0.15, -0.1) is 0 Å². The molecule has 0 unspecified atom stereocenters. The Hall–Kier alpha value is -1.78. The SMILES string of the molecule is CN1CCN(C(=O)c2nn3c(c2Cl)N[C@H](c2ccc(Br)cc2)C[C@@H]3C(F)(F)F)CC1. The summed E-state index contributed by atoms with van der Waals surface area (Å²) in [5.74, 6) is -0.423. The van der Waals surface area contributed by atoms with Crippen molar-refractivity contribution < 1.29 is 18.0 Å². The maximum Gasteiger partial charge on any atom is 0.410 e. The molecule has 0 bridgehead atoms. The average molecular weight is 507 g/mol. The average Bonchev–Trinajstić information content (AvgIpc) is 3.04. The number of alkyl halides is 3. The molecule has 0 radical (unpaired) electrons. The summed E-state index contributed by atoms with van der Waals surface area (Å²) in [7, 11) is 1.95. The number of nitrogens with one attached hydrogen (secondary N) is 1. The Morgan fingerprint density at radius 3 is 2.43 bits per heavy atom. The summed E-state index contributed by atoms with van der Waals surface area (Å²) in [6.45, 7) is 2.33. The summed E-state index contributed by atoms with van der Waals surface area (Å²) < 4.78 is 43.3. The maximum atomic E-state index is 13.9. The van der Waals surface area contributed by atoms with E-state index in [1.807, 2.05) is 7.05 Å². The number of carbonyl (C=O) groups is 1. The molecule has 2 atom stereocenters. The lowest BCUT2D eigenvalue weighted by molar-refractivity contribution is -0.173. The smallest absolute Gasteiger partial charge is 0.362 e. The fourth-order valence-electron chi connectivity index (χ4n) is 3.80. The van der Waals surface area contributed by atoms with Gasteiger partial charge in [-0.2, -0.15) is 18.3 Å². The number of anilines is 1. The quantitative estimate of drug-likeness (QED) is 0.658. The highest BCUT2D eigenvalue weighted by atomic mass is 79.9. The van der Waals surface area contributed by atoms with E-state index in [1.54, 1.807) is 29.2 Å². The number of rotatable bonds is 2. The van der Waals surface area contributed by atoms with E-state index in [4.69, 9.17) is 11.6 Å². The van der Waals surface area contributed by atoms with Crippen LogP contribution < -0.4 is 5.32 Å². The van der Waals surface area contributed by atoms with Gasteiger partial charge in [0, 0.05) is 37.1 Å². The number of aromatic nitrogens is 2. The largest absolute Gasteiger partial charge is 0.410 e. The molecule has 2 aliphatic heterocycles. The van der Waals surface area contributed by atoms with E-state index in [0.717, 1.165) is 9.15 Å². The molecule has 0 spiro atoms. The Kier molecular flexibility index (Phi) is 5.75. The van der Waals surface area contributed by atoms with Crippen LogP contribution in [-0.4, -0.2) is 64.9 Å². The second-order valence-corrected chi connectivity index (χ2v) is 8.89. The molecule has 1 fully saturated rings. The number of halogens is 5. The number of carbonyl (C=O) groups excluding carboxylic acids is 1. The highest BCUT2D eigenvalue weighted by Crippen LogP contribution is 2.46. The summed E-state index contributed by atoms with van der Waals surface area (Å²) >= 11 is 9.73. The first-order valence-electron chi connectivity index (χ1n) is 9.49. The summed E-state index contributed by atoms with van der Waals surface area (Å²) in [6, 6.07) is 4.56. The Morgan fingerprint density at radius 2 is 1.83 bits per heavy atom. The zero-order valence-electron chi connectivity index (χ0n) is 16.1. The molecule has 6 nitrogen and oxygen atoms in total. The number of hydrogen-bond donors (Lipinski definition) is 1. The lowest BCUT2D eigenvalue weighted by atomic mass is 9.97. The van der Waals surface area contributed by atoms with Crippen LogP contribution in [0.2, 0.25) is 5.02 Å². The molecule has 11 heteroatoms. The zero-order valence-corrected chi connectivity index (χ0v) is 18.4. The molecule has 1 amide bonds. The third-order valence-corrected chi connectivity index (χ3v) is 6.45. The molecule has 3 heterocycles. The van der Waals surface area contributed by atoms with Crippen molar-refractivity contribution in [3.05, 3.63) is 45.0 Å². The van der Waals surface area contributed by atoms with Crippen LogP contribution in [0, 0.1) is 0 Å². The Morgan fingerprint density at radius 1 is 1.20 bits per heavy atom. The van der Waals surface area contributed by atoms with E-state index in [9.17, 15) is 18.0 Å². The third-order valence-electron chi connectivity index (χ3n) is 5.56. The highest BCUT2D eigenvalue weighted by Gasteiger charge is 2.48. The van der Waals surface area contributed by atoms with Crippen molar-refractivity contribution in [3.63, 3.8) is 0 Å². The maximum absolute atomic E-state index is 13.9. The van der Waals surface area contributed by atoms with Gasteiger partial charge in [0.25, 0.3) is 5.91 Å². The van der Waals surface area contributed by atoms with Crippen molar-refractivity contribution in [2.75, 3.05) is 38.5 Å². The van der Waals surface area contributed by atoms with Crippen LogP contribution in [0.25, 0.3) is 0 Å². The molecular weight excluding hydrogens is 487 g/mol. The highest BCUT2D eigenvalue weighted by molar-refractivity contribution is 9.10. The molecule has 4 rings (SSSR count). The van der Waals surface area contributed by atoms with E-state index in [2.05, 4.69) is 31.2 Å². The molecule has 2 aromatic rings. The van der Waals surface area contributed by atoms with Gasteiger partial charge in [-0.1, -0.05) is 39.7 Å². The fourth-order valence-corrected chi connectivity index (χ4v) is 4.32. The van der Waals surface area contributed by atoms with E-state index in [-0.39, 0.29) is 23.0 Å². The van der Waals surface area contributed by atoms with Crippen molar-refractivity contribution >= 4 is 39.3 Å². The predicted octanol–water partition coefficient (Wildman–Crippen LogP) is 4.35. The van der Waals surface area contributed by atoms with Crippen molar-refractivity contribution in [1.82, 2.24) is 19.6 Å². The van der Waals surface area contributed by atoms with Crippen LogP contribution in [0.4, 0.5) is 19.0 Å². The molecule has 1 saturated heterocycles. The minimum atomic E-state index is -4.53. The predicted molar refractivity (Wildman–Crippen MR) is 111 cm³/mol. The molecule has 1 aromatic heterocycles. The summed E-state index contributed by atoms with van der Waals surface area (Å²) in [5, 5.41) is 7.01. The Balaban J connectivity index is 1.69. The van der Waals surface area contributed by atoms with Crippen LogP contribution in [0.1, 0.15) is 34.6 Å². The van der Waals surface area contributed by atoms with Gasteiger partial charge in [0.15, 0.2) is 11.7 Å². The Labute approximate surface area is 185 Å². The minimum Gasteiger partial charge on any atom is -0.362 e. The van der Waals surface area contributed by atoms with Crippen molar-refractivity contribution in [1.29, 1.82) is 0 Å². The van der Waals surface area contributed by atoms with Gasteiger partial charge < -0.3 is 15.1 Å². The molecule has 0 saturated carbocycles. The van der Waals surface area contributed by atoms with Gasteiger partial charge in [-0.05, 0) is 24.7 Å². The molecule has 30 heavy (non-hydrogen) atoms. The van der Waals surface area contributed by atoms with Crippen LogP contribution in [0.15, 0.2) is 28.7 Å². The molecule has 2 aliphatic rings. The first-order chi connectivity index (χ1) is 14.1. The minimum absolute atomic E-state index is 0.0237. The van der Waals surface area contributed by atoms with Gasteiger partial charge in [-0.25, -0.2) is 4.68 Å². The fraction of sp³-hybridized carbons (Fsp3) is 0.474. The molecule has 0 aliphatic carbocycles. The first kappa shape index (κ1) is 21.5. The molecule has 162 valence electrons. The summed E-state index contributed by atoms with van der Waals surface area (Å²) in [6.07, 6.45) is -4.79. The van der Waals surface area contributed by atoms with Gasteiger partial charge in [0.2, 0.25) is 0 Å². The zero-order chi connectivity index (χ0) is 21.6. The van der Waals surface area contributed by atoms with Crippen LogP contribution >= 0.6 is 27.5 Å². The lowest BCUT2D eigenvalue weighted by Crippen LogP contribution is -2.47.